The monoisotopic (exact) mass is 571 g/mol. The number of anilines is 1. The van der Waals surface area contributed by atoms with Crippen LogP contribution in [0.3, 0.4) is 0 Å². The van der Waals surface area contributed by atoms with Crippen LogP contribution in [0.4, 0.5) is 36.4 Å². The molecule has 0 saturated carbocycles. The number of nitrogens with one attached hydrogen (secondary N) is 2. The van der Waals surface area contributed by atoms with Crippen molar-refractivity contribution in [2.75, 3.05) is 18.4 Å². The third kappa shape index (κ3) is 5.44. The summed E-state index contributed by atoms with van der Waals surface area (Å²) in [6.45, 7) is -1.07. The lowest BCUT2D eigenvalue weighted by Crippen LogP contribution is -2.55. The molecule has 1 unspecified atom stereocenters. The zero-order chi connectivity index (χ0) is 28.3. The first-order chi connectivity index (χ1) is 18.2. The predicted molar refractivity (Wildman–Crippen MR) is 127 cm³/mol. The van der Waals surface area contributed by atoms with Gasteiger partial charge in [-0.15, -0.1) is 0 Å². The number of amides is 2. The summed E-state index contributed by atoms with van der Waals surface area (Å²) in [5, 5.41) is 5.13. The normalized spacial score (nSPS) is 18.4. The fourth-order valence-electron chi connectivity index (χ4n) is 4.71. The summed E-state index contributed by atoms with van der Waals surface area (Å²) in [7, 11) is 0. The molecule has 1 fully saturated rings. The van der Waals surface area contributed by atoms with Crippen LogP contribution < -0.4 is 10.6 Å². The first kappa shape index (κ1) is 26.9. The molecular weight excluding hydrogens is 555 g/mol. The predicted octanol–water partition coefficient (Wildman–Crippen LogP) is 6.17. The van der Waals surface area contributed by atoms with Gasteiger partial charge in [-0.1, -0.05) is 11.6 Å². The highest BCUT2D eigenvalue weighted by Crippen LogP contribution is 2.41. The van der Waals surface area contributed by atoms with Gasteiger partial charge < -0.3 is 10.6 Å². The van der Waals surface area contributed by atoms with E-state index < -0.39 is 65.8 Å². The Hall–Kier alpha value is -3.64. The van der Waals surface area contributed by atoms with Crippen molar-refractivity contribution in [1.82, 2.24) is 10.2 Å². The van der Waals surface area contributed by atoms with Crippen LogP contribution in [0.2, 0.25) is 5.02 Å². The molecular formula is C26H17ClF7N3O2. The van der Waals surface area contributed by atoms with Crippen LogP contribution in [0.1, 0.15) is 49.0 Å². The lowest BCUT2D eigenvalue weighted by atomic mass is 9.94. The molecule has 2 N–H and O–H groups in total. The van der Waals surface area contributed by atoms with E-state index in [0.717, 1.165) is 12.1 Å². The first-order valence-electron chi connectivity index (χ1n) is 11.4. The van der Waals surface area contributed by atoms with Crippen molar-refractivity contribution in [2.24, 2.45) is 0 Å². The lowest BCUT2D eigenvalue weighted by Gasteiger charge is -2.38. The van der Waals surface area contributed by atoms with E-state index in [1.165, 1.54) is 23.1 Å². The molecule has 3 aromatic carbocycles. The summed E-state index contributed by atoms with van der Waals surface area (Å²) in [5.41, 5.74) is -1.47. The molecule has 2 amide bonds. The number of hydrogen-bond acceptors (Lipinski definition) is 3. The van der Waals surface area contributed by atoms with E-state index in [-0.39, 0.29) is 40.0 Å². The van der Waals surface area contributed by atoms with Gasteiger partial charge in [0, 0.05) is 39.5 Å². The van der Waals surface area contributed by atoms with Gasteiger partial charge in [-0.2, -0.15) is 13.2 Å². The van der Waals surface area contributed by atoms with Gasteiger partial charge in [0.15, 0.2) is 0 Å². The Kier molecular flexibility index (Phi) is 6.58. The maximum atomic E-state index is 14.1. The maximum Gasteiger partial charge on any atom is 0.416 e. The summed E-state index contributed by atoms with van der Waals surface area (Å²) in [5.74, 6) is -6.59. The summed E-state index contributed by atoms with van der Waals surface area (Å²) in [4.78, 5) is 27.3. The summed E-state index contributed by atoms with van der Waals surface area (Å²) in [6, 6.07) is 6.49. The van der Waals surface area contributed by atoms with Gasteiger partial charge in [0.25, 0.3) is 17.7 Å². The van der Waals surface area contributed by atoms with E-state index in [1.54, 1.807) is 0 Å². The number of nitrogens with zero attached hydrogens (tertiary/aromatic N) is 1. The van der Waals surface area contributed by atoms with Crippen LogP contribution in [0, 0.1) is 11.6 Å². The average molecular weight is 572 g/mol. The van der Waals surface area contributed by atoms with E-state index >= 15 is 0 Å². The van der Waals surface area contributed by atoms with Crippen LogP contribution in [0.25, 0.3) is 0 Å². The van der Waals surface area contributed by atoms with Gasteiger partial charge in [-0.3, -0.25) is 14.5 Å². The molecule has 0 radical (unpaired) electrons. The van der Waals surface area contributed by atoms with Crippen LogP contribution >= 0.6 is 11.6 Å². The number of carbonyl (C=O) groups is 2. The summed E-state index contributed by atoms with van der Waals surface area (Å²) in [6.07, 6.45) is -4.92. The number of alkyl halides is 5. The van der Waals surface area contributed by atoms with E-state index in [0.29, 0.717) is 17.7 Å². The van der Waals surface area contributed by atoms with Crippen LogP contribution in [-0.4, -0.2) is 35.7 Å². The van der Waals surface area contributed by atoms with Gasteiger partial charge >= 0.3 is 6.18 Å². The Bertz CT molecular complexity index is 1500. The highest BCUT2D eigenvalue weighted by Gasteiger charge is 2.44. The second kappa shape index (κ2) is 9.53. The number of fused-ring (bicyclic) bond motifs is 1. The minimum Gasteiger partial charge on any atom is -0.341 e. The van der Waals surface area contributed by atoms with E-state index in [9.17, 15) is 40.3 Å². The SMILES string of the molecule is O=C(Nc1cc(CN2CC(F)(F)C2)cc2c1C(c1cc(F)ccc1Cl)NC2=O)c1cc(F)cc(C(F)(F)F)c1. The molecule has 5 nitrogen and oxygen atoms in total. The average Bonchev–Trinajstić information content (AvgIpc) is 3.15. The molecule has 13 heteroatoms. The van der Waals surface area contributed by atoms with Crippen LogP contribution in [0.5, 0.6) is 0 Å². The van der Waals surface area contributed by atoms with Gasteiger partial charge in [-0.05, 0) is 54.1 Å². The Morgan fingerprint density at radius 3 is 2.44 bits per heavy atom. The van der Waals surface area contributed by atoms with Gasteiger partial charge in [0.1, 0.15) is 11.6 Å². The molecule has 2 heterocycles. The minimum absolute atomic E-state index is 0.0237. The maximum absolute atomic E-state index is 14.1. The number of hydrogen-bond donors (Lipinski definition) is 2. The zero-order valence-electron chi connectivity index (χ0n) is 19.6. The van der Waals surface area contributed by atoms with Crippen molar-refractivity contribution in [3.63, 3.8) is 0 Å². The molecule has 3 aromatic rings. The molecule has 0 aliphatic carbocycles. The number of likely N-dealkylation sites (tertiary alicyclic amines) is 1. The first-order valence-corrected chi connectivity index (χ1v) is 11.8. The van der Waals surface area contributed by atoms with E-state index in [4.69, 9.17) is 11.6 Å². The second-order valence-electron chi connectivity index (χ2n) is 9.36. The van der Waals surface area contributed by atoms with Gasteiger partial charge in [0.05, 0.1) is 24.7 Å². The topological polar surface area (TPSA) is 61.4 Å². The minimum atomic E-state index is -4.92. The Balaban J connectivity index is 1.57. The molecule has 204 valence electrons. The molecule has 0 spiro atoms. The Labute approximate surface area is 221 Å². The zero-order valence-corrected chi connectivity index (χ0v) is 20.4. The fraction of sp³-hybridized carbons (Fsp3) is 0.231. The Morgan fingerprint density at radius 2 is 1.77 bits per heavy atom. The number of rotatable bonds is 5. The van der Waals surface area contributed by atoms with E-state index in [1.807, 2.05) is 0 Å². The van der Waals surface area contributed by atoms with Crippen LogP contribution in [-0.2, 0) is 12.7 Å². The summed E-state index contributed by atoms with van der Waals surface area (Å²) >= 11 is 6.24. The molecule has 5 rings (SSSR count). The lowest BCUT2D eigenvalue weighted by molar-refractivity contribution is -0.137. The molecule has 2 aliphatic heterocycles. The quantitative estimate of drug-likeness (QED) is 0.360. The fourth-order valence-corrected chi connectivity index (χ4v) is 4.94. The number of halogens is 8. The number of carbonyl (C=O) groups excluding carboxylic acids is 2. The highest BCUT2D eigenvalue weighted by molar-refractivity contribution is 6.31. The second-order valence-corrected chi connectivity index (χ2v) is 9.77. The largest absolute Gasteiger partial charge is 0.416 e. The van der Waals surface area contributed by atoms with Crippen molar-refractivity contribution in [1.29, 1.82) is 0 Å². The van der Waals surface area contributed by atoms with Gasteiger partial charge in [0.2, 0.25) is 0 Å². The molecule has 39 heavy (non-hydrogen) atoms. The van der Waals surface area contributed by atoms with Crippen molar-refractivity contribution < 1.29 is 40.3 Å². The number of benzene rings is 3. The standard InChI is InChI=1S/C26H17ClF7N3O2/c27-19-2-1-15(28)8-17(19)22-21-18(24(39)36-22)3-12(9-37-10-25(30,31)11-37)4-20(21)35-23(38)13-5-14(26(32,33)34)7-16(29)6-13/h1-8,22H,9-11H2,(H,35,38)(H,36,39). The molecule has 1 saturated heterocycles. The van der Waals surface area contributed by atoms with Crippen molar-refractivity contribution in [2.45, 2.75) is 24.7 Å². The third-order valence-corrected chi connectivity index (χ3v) is 6.71. The smallest absolute Gasteiger partial charge is 0.341 e. The highest BCUT2D eigenvalue weighted by atomic mass is 35.5. The van der Waals surface area contributed by atoms with Crippen LogP contribution in [0.15, 0.2) is 48.5 Å². The third-order valence-electron chi connectivity index (χ3n) is 6.37. The van der Waals surface area contributed by atoms with Crippen molar-refractivity contribution in [3.8, 4) is 0 Å². The molecule has 0 bridgehead atoms. The molecule has 0 aromatic heterocycles. The summed E-state index contributed by atoms with van der Waals surface area (Å²) < 4.78 is 94.3. The Morgan fingerprint density at radius 1 is 1.05 bits per heavy atom. The molecule has 2 aliphatic rings. The van der Waals surface area contributed by atoms with Gasteiger partial charge in [-0.25, -0.2) is 17.6 Å². The van der Waals surface area contributed by atoms with E-state index in [2.05, 4.69) is 10.6 Å². The molecule has 1 atom stereocenters. The van der Waals surface area contributed by atoms with Crippen molar-refractivity contribution >= 4 is 29.1 Å². The van der Waals surface area contributed by atoms with Crippen molar-refractivity contribution in [3.05, 3.63) is 98.6 Å².